The summed E-state index contributed by atoms with van der Waals surface area (Å²) >= 11 is 0. The summed E-state index contributed by atoms with van der Waals surface area (Å²) in [5.74, 6) is -1.49. The second-order valence-corrected chi connectivity index (χ2v) is 3.72. The molecule has 0 atom stereocenters. The van der Waals surface area contributed by atoms with E-state index in [0.29, 0.717) is 5.69 Å². The molecule has 2 aromatic rings. The van der Waals surface area contributed by atoms with Crippen LogP contribution in [0.15, 0.2) is 30.5 Å². The summed E-state index contributed by atoms with van der Waals surface area (Å²) in [5.41, 5.74) is -0.216. The van der Waals surface area contributed by atoms with E-state index in [1.54, 1.807) is 7.05 Å². The predicted octanol–water partition coefficient (Wildman–Crippen LogP) is 1.72. The Hall–Kier alpha value is -2.77. The lowest BCUT2D eigenvalue weighted by Crippen LogP contribution is -2.16. The third-order valence-electron chi connectivity index (χ3n) is 2.46. The first-order valence-corrected chi connectivity index (χ1v) is 5.22. The number of carbonyl (C=O) groups excluding carboxylic acids is 1. The van der Waals surface area contributed by atoms with Gasteiger partial charge in [-0.1, -0.05) is 0 Å². The Morgan fingerprint density at radius 3 is 2.74 bits per heavy atom. The van der Waals surface area contributed by atoms with Gasteiger partial charge in [0.15, 0.2) is 0 Å². The Morgan fingerprint density at radius 1 is 1.47 bits per heavy atom. The van der Waals surface area contributed by atoms with Crippen LogP contribution in [0, 0.1) is 15.9 Å². The van der Waals surface area contributed by atoms with Crippen LogP contribution >= 0.6 is 0 Å². The number of nitrogens with one attached hydrogen (secondary N) is 1. The monoisotopic (exact) mass is 264 g/mol. The highest BCUT2D eigenvalue weighted by Crippen LogP contribution is 2.21. The van der Waals surface area contributed by atoms with Gasteiger partial charge in [0.05, 0.1) is 4.92 Å². The zero-order valence-corrected chi connectivity index (χ0v) is 9.83. The third kappa shape index (κ3) is 2.57. The number of nitrogens with zero attached hydrogens (tertiary/aromatic N) is 3. The molecule has 0 aliphatic rings. The quantitative estimate of drug-likeness (QED) is 0.675. The van der Waals surface area contributed by atoms with Crippen LogP contribution in [0.4, 0.5) is 15.8 Å². The first-order chi connectivity index (χ1) is 8.99. The molecule has 0 radical (unpaired) electrons. The van der Waals surface area contributed by atoms with Gasteiger partial charge in [0.25, 0.3) is 5.91 Å². The van der Waals surface area contributed by atoms with Crippen molar-refractivity contribution in [3.8, 4) is 0 Å². The summed E-state index contributed by atoms with van der Waals surface area (Å²) in [5, 5.41) is 16.7. The summed E-state index contributed by atoms with van der Waals surface area (Å²) in [7, 11) is 1.59. The van der Waals surface area contributed by atoms with Crippen molar-refractivity contribution >= 4 is 17.3 Å². The van der Waals surface area contributed by atoms with Crippen LogP contribution in [-0.2, 0) is 7.05 Å². The maximum absolute atomic E-state index is 13.4. The van der Waals surface area contributed by atoms with Crippen molar-refractivity contribution in [2.45, 2.75) is 0 Å². The fourth-order valence-electron chi connectivity index (χ4n) is 1.52. The fourth-order valence-corrected chi connectivity index (χ4v) is 1.52. The summed E-state index contributed by atoms with van der Waals surface area (Å²) in [6.07, 6.45) is 1.45. The van der Waals surface area contributed by atoms with E-state index in [1.807, 2.05) is 0 Å². The molecule has 19 heavy (non-hydrogen) atoms. The van der Waals surface area contributed by atoms with Crippen LogP contribution in [0.2, 0.25) is 0 Å². The lowest BCUT2D eigenvalue weighted by molar-refractivity contribution is -0.387. The number of hydrogen-bond acceptors (Lipinski definition) is 4. The molecule has 0 fully saturated rings. The van der Waals surface area contributed by atoms with E-state index in [-0.39, 0.29) is 5.69 Å². The SMILES string of the molecule is Cn1nccc1C(=O)Nc1ccc([N+](=O)[O-])c(F)c1. The summed E-state index contributed by atoms with van der Waals surface area (Å²) in [4.78, 5) is 21.4. The van der Waals surface area contributed by atoms with Gasteiger partial charge in [0.2, 0.25) is 5.82 Å². The van der Waals surface area contributed by atoms with Crippen molar-refractivity contribution in [2.24, 2.45) is 7.05 Å². The van der Waals surface area contributed by atoms with Crippen molar-refractivity contribution in [1.29, 1.82) is 0 Å². The highest BCUT2D eigenvalue weighted by molar-refractivity contribution is 6.03. The summed E-state index contributed by atoms with van der Waals surface area (Å²) < 4.78 is 14.7. The maximum atomic E-state index is 13.4. The van der Waals surface area contributed by atoms with E-state index in [2.05, 4.69) is 10.4 Å². The van der Waals surface area contributed by atoms with Crippen LogP contribution < -0.4 is 5.32 Å². The molecule has 1 aromatic heterocycles. The number of hydrogen-bond donors (Lipinski definition) is 1. The number of carbonyl (C=O) groups is 1. The van der Waals surface area contributed by atoms with E-state index < -0.39 is 22.3 Å². The molecular formula is C11H9FN4O3. The van der Waals surface area contributed by atoms with Crippen molar-refractivity contribution < 1.29 is 14.1 Å². The Bertz CT molecular complexity index is 653. The predicted molar refractivity (Wildman–Crippen MR) is 64.2 cm³/mol. The van der Waals surface area contributed by atoms with Gasteiger partial charge in [0.1, 0.15) is 5.69 Å². The molecule has 1 aromatic carbocycles. The third-order valence-corrected chi connectivity index (χ3v) is 2.46. The van der Waals surface area contributed by atoms with Crippen LogP contribution in [0.25, 0.3) is 0 Å². The Morgan fingerprint density at radius 2 is 2.21 bits per heavy atom. The normalized spacial score (nSPS) is 10.2. The van der Waals surface area contributed by atoms with E-state index >= 15 is 0 Å². The van der Waals surface area contributed by atoms with Crippen molar-refractivity contribution in [1.82, 2.24) is 9.78 Å². The maximum Gasteiger partial charge on any atom is 0.304 e. The average molecular weight is 264 g/mol. The number of aromatic nitrogens is 2. The van der Waals surface area contributed by atoms with E-state index in [4.69, 9.17) is 0 Å². The molecule has 1 N–H and O–H groups in total. The molecule has 0 spiro atoms. The minimum absolute atomic E-state index is 0.134. The second-order valence-electron chi connectivity index (χ2n) is 3.72. The van der Waals surface area contributed by atoms with E-state index in [9.17, 15) is 19.3 Å². The summed E-state index contributed by atoms with van der Waals surface area (Å²) in [6, 6.07) is 4.65. The van der Waals surface area contributed by atoms with Crippen LogP contribution in [0.5, 0.6) is 0 Å². The fraction of sp³-hybridized carbons (Fsp3) is 0.0909. The molecule has 2 rings (SSSR count). The largest absolute Gasteiger partial charge is 0.321 e. The standard InChI is InChI=1S/C11H9FN4O3/c1-15-10(4-5-13-15)11(17)14-7-2-3-9(16(18)19)8(12)6-7/h2-6H,1H3,(H,14,17). The van der Waals surface area contributed by atoms with Gasteiger partial charge in [-0.3, -0.25) is 19.6 Å². The first kappa shape index (κ1) is 12.7. The second kappa shape index (κ2) is 4.84. The molecule has 1 heterocycles. The minimum Gasteiger partial charge on any atom is -0.321 e. The number of halogens is 1. The average Bonchev–Trinajstić information content (AvgIpc) is 2.75. The molecule has 98 valence electrons. The molecule has 8 heteroatoms. The number of amides is 1. The molecule has 7 nitrogen and oxygen atoms in total. The van der Waals surface area contributed by atoms with Crippen LogP contribution in [-0.4, -0.2) is 20.6 Å². The molecular weight excluding hydrogens is 255 g/mol. The lowest BCUT2D eigenvalue weighted by Gasteiger charge is -2.05. The van der Waals surface area contributed by atoms with E-state index in [1.165, 1.54) is 23.0 Å². The van der Waals surface area contributed by atoms with Crippen molar-refractivity contribution in [2.75, 3.05) is 5.32 Å². The van der Waals surface area contributed by atoms with E-state index in [0.717, 1.165) is 12.1 Å². The number of anilines is 1. The number of benzene rings is 1. The molecule has 0 aliphatic carbocycles. The minimum atomic E-state index is -1.01. The molecule has 0 unspecified atom stereocenters. The number of nitro groups is 1. The topological polar surface area (TPSA) is 90.1 Å². The Kier molecular flexibility index (Phi) is 3.23. The number of nitro benzene ring substituents is 1. The molecule has 0 saturated heterocycles. The molecule has 0 aliphatic heterocycles. The van der Waals surface area contributed by atoms with Crippen molar-refractivity contribution in [3.05, 3.63) is 52.1 Å². The number of aryl methyl sites for hydroxylation is 1. The smallest absolute Gasteiger partial charge is 0.304 e. The lowest BCUT2D eigenvalue weighted by atomic mass is 10.2. The van der Waals surface area contributed by atoms with Gasteiger partial charge in [-0.05, 0) is 12.1 Å². The zero-order chi connectivity index (χ0) is 14.0. The van der Waals surface area contributed by atoms with Gasteiger partial charge in [-0.2, -0.15) is 9.49 Å². The highest BCUT2D eigenvalue weighted by Gasteiger charge is 2.16. The first-order valence-electron chi connectivity index (χ1n) is 5.22. The molecule has 1 amide bonds. The molecule has 0 saturated carbocycles. The van der Waals surface area contributed by atoms with Gasteiger partial charge >= 0.3 is 5.69 Å². The molecule has 0 bridgehead atoms. The summed E-state index contributed by atoms with van der Waals surface area (Å²) in [6.45, 7) is 0. The highest BCUT2D eigenvalue weighted by atomic mass is 19.1. The van der Waals surface area contributed by atoms with Gasteiger partial charge < -0.3 is 5.32 Å². The van der Waals surface area contributed by atoms with Crippen LogP contribution in [0.1, 0.15) is 10.5 Å². The van der Waals surface area contributed by atoms with Crippen LogP contribution in [0.3, 0.4) is 0 Å². The van der Waals surface area contributed by atoms with Crippen molar-refractivity contribution in [3.63, 3.8) is 0 Å². The van der Waals surface area contributed by atoms with Gasteiger partial charge in [-0.25, -0.2) is 0 Å². The van der Waals surface area contributed by atoms with Gasteiger partial charge in [0, 0.05) is 31.1 Å². The Labute approximate surface area is 106 Å². The zero-order valence-electron chi connectivity index (χ0n) is 9.83. The Balaban J connectivity index is 2.21. The van der Waals surface area contributed by atoms with Gasteiger partial charge in [-0.15, -0.1) is 0 Å². The number of rotatable bonds is 3.